The van der Waals surface area contributed by atoms with Gasteiger partial charge in [0.1, 0.15) is 18.4 Å². The van der Waals surface area contributed by atoms with Gasteiger partial charge in [-0.1, -0.05) is 30.3 Å². The standard InChI is InChI=1S/C25H29N3O5S/c29-25(30)24(28-11-9-27(10-12-28)19-8-13-34(31,32)17-19)22-15-26-23-7-6-20(14-21(22)23)33-16-18-4-2-1-3-5-18/h1-7,14-15,19,24,26H,8-13,16-17H2,(H,29,30)/t19-,24+/m1/s1. The summed E-state index contributed by atoms with van der Waals surface area (Å²) >= 11 is 0. The van der Waals surface area contributed by atoms with Gasteiger partial charge < -0.3 is 14.8 Å². The molecule has 2 aromatic carbocycles. The molecule has 2 saturated heterocycles. The highest BCUT2D eigenvalue weighted by Gasteiger charge is 2.37. The van der Waals surface area contributed by atoms with Gasteiger partial charge in [0.15, 0.2) is 9.84 Å². The van der Waals surface area contributed by atoms with Gasteiger partial charge in [0.05, 0.1) is 11.5 Å². The number of piperazine rings is 1. The van der Waals surface area contributed by atoms with Crippen LogP contribution in [0.5, 0.6) is 5.75 Å². The first-order valence-electron chi connectivity index (χ1n) is 11.6. The number of aromatic nitrogens is 1. The molecule has 0 amide bonds. The summed E-state index contributed by atoms with van der Waals surface area (Å²) in [5, 5.41) is 11.0. The third-order valence-corrected chi connectivity index (χ3v) is 8.65. The number of fused-ring (bicyclic) bond motifs is 1. The van der Waals surface area contributed by atoms with Crippen molar-refractivity contribution in [3.05, 3.63) is 65.9 Å². The predicted molar refractivity (Wildman–Crippen MR) is 130 cm³/mol. The van der Waals surface area contributed by atoms with Crippen LogP contribution in [0.4, 0.5) is 0 Å². The molecule has 1 aromatic heterocycles. The summed E-state index contributed by atoms with van der Waals surface area (Å²) < 4.78 is 29.7. The summed E-state index contributed by atoms with van der Waals surface area (Å²) in [4.78, 5) is 19.8. The fourth-order valence-corrected chi connectivity index (χ4v) is 6.85. The van der Waals surface area contributed by atoms with Crippen LogP contribution in [0.25, 0.3) is 10.9 Å². The maximum Gasteiger partial charge on any atom is 0.325 e. The van der Waals surface area contributed by atoms with E-state index in [-0.39, 0.29) is 17.5 Å². The van der Waals surface area contributed by atoms with Gasteiger partial charge in [-0.15, -0.1) is 0 Å². The molecule has 0 radical (unpaired) electrons. The highest BCUT2D eigenvalue weighted by molar-refractivity contribution is 7.91. The number of sulfone groups is 1. The number of hydrogen-bond donors (Lipinski definition) is 2. The monoisotopic (exact) mass is 483 g/mol. The van der Waals surface area contributed by atoms with Crippen LogP contribution in [0.2, 0.25) is 0 Å². The molecule has 0 bridgehead atoms. The van der Waals surface area contributed by atoms with Crippen LogP contribution >= 0.6 is 0 Å². The van der Waals surface area contributed by atoms with Crippen molar-refractivity contribution in [3.63, 3.8) is 0 Å². The van der Waals surface area contributed by atoms with Crippen LogP contribution < -0.4 is 4.74 Å². The fourth-order valence-electron chi connectivity index (χ4n) is 5.09. The van der Waals surface area contributed by atoms with Crippen LogP contribution in [-0.4, -0.2) is 78.0 Å². The van der Waals surface area contributed by atoms with Gasteiger partial charge in [-0.2, -0.15) is 0 Å². The van der Waals surface area contributed by atoms with Gasteiger partial charge in [0.25, 0.3) is 0 Å². The van der Waals surface area contributed by atoms with Crippen LogP contribution in [0.3, 0.4) is 0 Å². The van der Waals surface area contributed by atoms with Crippen molar-refractivity contribution in [2.75, 3.05) is 37.7 Å². The second kappa shape index (κ2) is 9.40. The second-order valence-corrected chi connectivity index (χ2v) is 11.3. The number of carboxylic acid groups (broad SMARTS) is 1. The molecule has 0 saturated carbocycles. The van der Waals surface area contributed by atoms with Gasteiger partial charge >= 0.3 is 5.97 Å². The Balaban J connectivity index is 1.32. The van der Waals surface area contributed by atoms with E-state index in [2.05, 4.69) is 9.88 Å². The molecule has 2 atom stereocenters. The van der Waals surface area contributed by atoms with E-state index in [4.69, 9.17) is 4.74 Å². The fraction of sp³-hybridized carbons (Fsp3) is 0.400. The van der Waals surface area contributed by atoms with E-state index in [0.717, 1.165) is 16.5 Å². The van der Waals surface area contributed by atoms with Crippen molar-refractivity contribution in [1.29, 1.82) is 0 Å². The average molecular weight is 484 g/mol. The number of nitrogens with one attached hydrogen (secondary N) is 1. The Bertz CT molecular complexity index is 1270. The zero-order valence-electron chi connectivity index (χ0n) is 18.9. The predicted octanol–water partition coefficient (Wildman–Crippen LogP) is 2.68. The summed E-state index contributed by atoms with van der Waals surface area (Å²) in [5.74, 6) is 0.255. The topological polar surface area (TPSA) is 103 Å². The first kappa shape index (κ1) is 22.9. The molecule has 9 heteroatoms. The minimum absolute atomic E-state index is 0.0489. The lowest BCUT2D eigenvalue weighted by atomic mass is 10.0. The minimum Gasteiger partial charge on any atom is -0.489 e. The number of nitrogens with zero attached hydrogens (tertiary/aromatic N) is 2. The lowest BCUT2D eigenvalue weighted by Gasteiger charge is -2.40. The largest absolute Gasteiger partial charge is 0.489 e. The molecule has 2 N–H and O–H groups in total. The van der Waals surface area contributed by atoms with Crippen molar-refractivity contribution in [2.24, 2.45) is 0 Å². The molecule has 34 heavy (non-hydrogen) atoms. The normalized spacial score (nSPS) is 22.1. The molecule has 180 valence electrons. The highest BCUT2D eigenvalue weighted by Crippen LogP contribution is 2.32. The second-order valence-electron chi connectivity index (χ2n) is 9.10. The highest BCUT2D eigenvalue weighted by atomic mass is 32.2. The number of aliphatic carboxylic acids is 1. The molecule has 3 aromatic rings. The Morgan fingerprint density at radius 2 is 1.88 bits per heavy atom. The smallest absolute Gasteiger partial charge is 0.325 e. The van der Waals surface area contributed by atoms with Crippen LogP contribution in [-0.2, 0) is 21.2 Å². The van der Waals surface area contributed by atoms with Crippen molar-refractivity contribution < 1.29 is 23.1 Å². The number of aromatic amines is 1. The van der Waals surface area contributed by atoms with Gasteiger partial charge in [-0.3, -0.25) is 14.6 Å². The van der Waals surface area contributed by atoms with Gasteiger partial charge in [-0.25, -0.2) is 8.42 Å². The first-order chi connectivity index (χ1) is 16.4. The lowest BCUT2D eigenvalue weighted by Crippen LogP contribution is -2.52. The summed E-state index contributed by atoms with van der Waals surface area (Å²) in [6, 6.07) is 14.9. The Kier molecular flexibility index (Phi) is 6.33. The van der Waals surface area contributed by atoms with Gasteiger partial charge in [-0.05, 0) is 30.2 Å². The van der Waals surface area contributed by atoms with Crippen LogP contribution in [0.15, 0.2) is 54.7 Å². The molecule has 0 spiro atoms. The number of H-pyrrole nitrogens is 1. The van der Waals surface area contributed by atoms with E-state index >= 15 is 0 Å². The number of rotatable bonds is 7. The minimum atomic E-state index is -2.94. The molecule has 0 aliphatic carbocycles. The molecule has 8 nitrogen and oxygen atoms in total. The average Bonchev–Trinajstić information content (AvgIpc) is 3.41. The maximum atomic E-state index is 12.4. The summed E-state index contributed by atoms with van der Waals surface area (Å²) in [6.07, 6.45) is 2.44. The maximum absolute atomic E-state index is 12.4. The number of carbonyl (C=O) groups is 1. The third kappa shape index (κ3) is 4.82. The third-order valence-electron chi connectivity index (χ3n) is 6.90. The quantitative estimate of drug-likeness (QED) is 0.533. The van der Waals surface area contributed by atoms with E-state index in [1.54, 1.807) is 6.20 Å². The van der Waals surface area contributed by atoms with Crippen LogP contribution in [0.1, 0.15) is 23.6 Å². The zero-order chi connectivity index (χ0) is 23.7. The molecular weight excluding hydrogens is 454 g/mol. The van der Waals surface area contributed by atoms with E-state index in [9.17, 15) is 18.3 Å². The summed E-state index contributed by atoms with van der Waals surface area (Å²) in [5.41, 5.74) is 2.64. The van der Waals surface area contributed by atoms with E-state index < -0.39 is 21.8 Å². The Labute approximate surface area is 199 Å². The SMILES string of the molecule is O=C(O)[C@H](c1c[nH]c2ccc(OCc3ccccc3)cc12)N1CCN([C@@H]2CCS(=O)(=O)C2)CC1. The van der Waals surface area contributed by atoms with E-state index in [0.29, 0.717) is 50.5 Å². The molecule has 5 rings (SSSR count). The van der Waals surface area contributed by atoms with Gasteiger partial charge in [0.2, 0.25) is 0 Å². The molecule has 3 heterocycles. The molecule has 2 fully saturated rings. The Morgan fingerprint density at radius 3 is 2.56 bits per heavy atom. The zero-order valence-corrected chi connectivity index (χ0v) is 19.7. The number of carboxylic acids is 1. The van der Waals surface area contributed by atoms with Crippen molar-refractivity contribution in [2.45, 2.75) is 25.1 Å². The Morgan fingerprint density at radius 1 is 1.12 bits per heavy atom. The van der Waals surface area contributed by atoms with Gasteiger partial charge in [0, 0.05) is 54.9 Å². The number of ether oxygens (including phenoxy) is 1. The van der Waals surface area contributed by atoms with Crippen molar-refractivity contribution in [3.8, 4) is 5.75 Å². The van der Waals surface area contributed by atoms with Crippen molar-refractivity contribution >= 4 is 26.7 Å². The molecule has 2 aliphatic rings. The van der Waals surface area contributed by atoms with E-state index in [1.165, 1.54) is 0 Å². The number of hydrogen-bond acceptors (Lipinski definition) is 6. The Hall–Kier alpha value is -2.88. The summed E-state index contributed by atoms with van der Waals surface area (Å²) in [6.45, 7) is 2.91. The molecule has 2 aliphatic heterocycles. The van der Waals surface area contributed by atoms with Crippen molar-refractivity contribution in [1.82, 2.24) is 14.8 Å². The first-order valence-corrected chi connectivity index (χ1v) is 13.4. The number of benzene rings is 2. The van der Waals surface area contributed by atoms with Crippen LogP contribution in [0, 0.1) is 0 Å². The summed E-state index contributed by atoms with van der Waals surface area (Å²) in [7, 11) is -2.94. The molecular formula is C25H29N3O5S. The lowest BCUT2D eigenvalue weighted by molar-refractivity contribution is -0.144. The molecule has 0 unspecified atom stereocenters. The van der Waals surface area contributed by atoms with E-state index in [1.807, 2.05) is 53.4 Å².